The van der Waals surface area contributed by atoms with Crippen LogP contribution in [0.2, 0.25) is 0 Å². The summed E-state index contributed by atoms with van der Waals surface area (Å²) >= 11 is 0. The molecule has 2 rings (SSSR count). The molecule has 1 N–H and O–H groups in total. The van der Waals surface area contributed by atoms with Crippen molar-refractivity contribution in [1.29, 1.82) is 0 Å². The topological polar surface area (TPSA) is 47.9 Å². The van der Waals surface area contributed by atoms with Crippen molar-refractivity contribution in [2.24, 2.45) is 5.92 Å². The Bertz CT molecular complexity index is 601. The molecule has 0 saturated carbocycles. The van der Waals surface area contributed by atoms with Gasteiger partial charge in [-0.15, -0.1) is 0 Å². The molecule has 1 aliphatic rings. The van der Waals surface area contributed by atoms with Crippen molar-refractivity contribution in [3.63, 3.8) is 0 Å². The molecule has 4 atom stereocenters. The molecule has 1 fully saturated rings. The number of aliphatic hydroxyl groups excluding tert-OH is 1. The lowest BCUT2D eigenvalue weighted by molar-refractivity contribution is -0.291. The summed E-state index contributed by atoms with van der Waals surface area (Å²) in [6.45, 7) is 7.71. The minimum atomic E-state index is -4.40. The van der Waals surface area contributed by atoms with E-state index >= 15 is 0 Å². The number of rotatable bonds is 7. The number of benzene rings is 1. The first kappa shape index (κ1) is 22.1. The van der Waals surface area contributed by atoms with Gasteiger partial charge in [-0.1, -0.05) is 33.3 Å². The summed E-state index contributed by atoms with van der Waals surface area (Å²) in [7, 11) is 0. The van der Waals surface area contributed by atoms with Crippen LogP contribution in [0.4, 0.5) is 13.2 Å². The van der Waals surface area contributed by atoms with Gasteiger partial charge in [0.25, 0.3) is 0 Å². The molecule has 1 unspecified atom stereocenters. The molecule has 0 aromatic heterocycles. The molecule has 0 spiro atoms. The minimum absolute atomic E-state index is 0.00616. The Morgan fingerprint density at radius 2 is 1.93 bits per heavy atom. The van der Waals surface area contributed by atoms with Gasteiger partial charge in [-0.2, -0.15) is 13.2 Å². The summed E-state index contributed by atoms with van der Waals surface area (Å²) < 4.78 is 56.4. The van der Waals surface area contributed by atoms with Crippen LogP contribution in [0.3, 0.4) is 0 Å². The number of halogens is 3. The van der Waals surface area contributed by atoms with Crippen LogP contribution < -0.4 is 0 Å². The van der Waals surface area contributed by atoms with Crippen LogP contribution in [0.5, 0.6) is 0 Å². The van der Waals surface area contributed by atoms with Crippen LogP contribution in [0.25, 0.3) is 0 Å². The van der Waals surface area contributed by atoms with Gasteiger partial charge in [-0.3, -0.25) is 0 Å². The average molecular weight is 390 g/mol. The van der Waals surface area contributed by atoms with Gasteiger partial charge in [0, 0.05) is 5.92 Å². The van der Waals surface area contributed by atoms with Gasteiger partial charge in [0.2, 0.25) is 0 Å². The Labute approximate surface area is 158 Å². The summed E-state index contributed by atoms with van der Waals surface area (Å²) in [5.74, 6) is 0.117. The third kappa shape index (κ3) is 5.91. The SMILES string of the molecule is CCCc1ccc(C(F)(F)F)cc1CO[C@@H]1CO[C@H](C(C)C)O[C@@H]1C(C)O. The molecule has 1 aromatic rings. The third-order valence-corrected chi connectivity index (χ3v) is 4.61. The van der Waals surface area contributed by atoms with E-state index in [1.54, 1.807) is 6.92 Å². The first-order valence-electron chi connectivity index (χ1n) is 9.39. The summed E-state index contributed by atoms with van der Waals surface area (Å²) in [6.07, 6.45) is -5.27. The number of alkyl halides is 3. The van der Waals surface area contributed by atoms with Crippen molar-refractivity contribution in [3.05, 3.63) is 34.9 Å². The van der Waals surface area contributed by atoms with Crippen molar-refractivity contribution in [3.8, 4) is 0 Å². The molecule has 154 valence electrons. The van der Waals surface area contributed by atoms with Gasteiger partial charge in [0.05, 0.1) is 24.9 Å². The zero-order chi connectivity index (χ0) is 20.2. The lowest BCUT2D eigenvalue weighted by atomic mass is 10.00. The van der Waals surface area contributed by atoms with E-state index in [4.69, 9.17) is 14.2 Å². The first-order valence-corrected chi connectivity index (χ1v) is 9.39. The minimum Gasteiger partial charge on any atom is -0.391 e. The van der Waals surface area contributed by atoms with Crippen LogP contribution in [0.1, 0.15) is 50.8 Å². The Morgan fingerprint density at radius 1 is 1.22 bits per heavy atom. The molecule has 1 aliphatic heterocycles. The van der Waals surface area contributed by atoms with Crippen LogP contribution in [-0.4, -0.2) is 36.3 Å². The van der Waals surface area contributed by atoms with Crippen molar-refractivity contribution < 1.29 is 32.5 Å². The van der Waals surface area contributed by atoms with Crippen LogP contribution in [0, 0.1) is 5.92 Å². The van der Waals surface area contributed by atoms with Crippen LogP contribution in [0.15, 0.2) is 18.2 Å². The molecule has 4 nitrogen and oxygen atoms in total. The van der Waals surface area contributed by atoms with E-state index in [1.807, 2.05) is 20.8 Å². The standard InChI is InChI=1S/C20H29F3O4/c1-5-6-14-7-8-16(20(21,22)23)9-15(14)10-25-17-11-26-19(12(2)3)27-18(17)13(4)24/h7-9,12-13,17-19,24H,5-6,10-11H2,1-4H3/t13?,17-,18-,19+/m1/s1. The van der Waals surface area contributed by atoms with E-state index < -0.39 is 36.3 Å². The predicted molar refractivity (Wildman–Crippen MR) is 95.1 cm³/mol. The largest absolute Gasteiger partial charge is 0.416 e. The number of hydrogen-bond donors (Lipinski definition) is 1. The molecule has 0 bridgehead atoms. The number of aliphatic hydroxyl groups is 1. The van der Waals surface area contributed by atoms with E-state index in [2.05, 4.69) is 0 Å². The predicted octanol–water partition coefficient (Wildman–Crippen LogP) is 4.32. The first-order chi connectivity index (χ1) is 12.6. The Kier molecular flexibility index (Phi) is 7.68. The highest BCUT2D eigenvalue weighted by Gasteiger charge is 2.37. The Morgan fingerprint density at radius 3 is 2.48 bits per heavy atom. The zero-order valence-electron chi connectivity index (χ0n) is 16.3. The summed E-state index contributed by atoms with van der Waals surface area (Å²) in [4.78, 5) is 0. The lowest BCUT2D eigenvalue weighted by Gasteiger charge is -2.39. The second kappa shape index (κ2) is 9.37. The highest BCUT2D eigenvalue weighted by Crippen LogP contribution is 2.32. The van der Waals surface area contributed by atoms with E-state index in [9.17, 15) is 18.3 Å². The molecule has 1 saturated heterocycles. The maximum Gasteiger partial charge on any atom is 0.416 e. The second-order valence-electron chi connectivity index (χ2n) is 7.37. The lowest BCUT2D eigenvalue weighted by Crippen LogP contribution is -2.51. The van der Waals surface area contributed by atoms with E-state index in [1.165, 1.54) is 6.07 Å². The van der Waals surface area contributed by atoms with Crippen LogP contribution >= 0.6 is 0 Å². The average Bonchev–Trinajstić information content (AvgIpc) is 2.59. The van der Waals surface area contributed by atoms with Crippen molar-refractivity contribution >= 4 is 0 Å². The molecule has 7 heteroatoms. The van der Waals surface area contributed by atoms with Crippen molar-refractivity contribution in [1.82, 2.24) is 0 Å². The van der Waals surface area contributed by atoms with Gasteiger partial charge in [-0.25, -0.2) is 0 Å². The fourth-order valence-corrected chi connectivity index (χ4v) is 3.13. The molecular formula is C20H29F3O4. The molecule has 0 amide bonds. The van der Waals surface area contributed by atoms with Gasteiger partial charge < -0.3 is 19.3 Å². The highest BCUT2D eigenvalue weighted by atomic mass is 19.4. The normalized spacial score (nSPS) is 25.0. The number of hydrogen-bond acceptors (Lipinski definition) is 4. The maximum absolute atomic E-state index is 13.1. The Hall–Kier alpha value is -1.15. The fraction of sp³-hybridized carbons (Fsp3) is 0.700. The quantitative estimate of drug-likeness (QED) is 0.753. The Balaban J connectivity index is 2.14. The zero-order valence-corrected chi connectivity index (χ0v) is 16.3. The van der Waals surface area contributed by atoms with Crippen LogP contribution in [-0.2, 0) is 33.4 Å². The molecular weight excluding hydrogens is 361 g/mol. The second-order valence-corrected chi connectivity index (χ2v) is 7.37. The van der Waals surface area contributed by atoms with Crippen molar-refractivity contribution in [2.45, 2.75) is 77.9 Å². The molecule has 1 aromatic carbocycles. The van der Waals surface area contributed by atoms with E-state index in [0.29, 0.717) is 12.0 Å². The fourth-order valence-electron chi connectivity index (χ4n) is 3.13. The van der Waals surface area contributed by atoms with E-state index in [-0.39, 0.29) is 19.1 Å². The summed E-state index contributed by atoms with van der Waals surface area (Å²) in [5, 5.41) is 10.0. The molecule has 1 heterocycles. The summed E-state index contributed by atoms with van der Waals surface area (Å²) in [5.41, 5.74) is 0.642. The third-order valence-electron chi connectivity index (χ3n) is 4.61. The highest BCUT2D eigenvalue weighted by molar-refractivity contribution is 5.33. The van der Waals surface area contributed by atoms with Gasteiger partial charge >= 0.3 is 6.18 Å². The number of aryl methyl sites for hydroxylation is 1. The molecule has 27 heavy (non-hydrogen) atoms. The smallest absolute Gasteiger partial charge is 0.391 e. The monoisotopic (exact) mass is 390 g/mol. The van der Waals surface area contributed by atoms with E-state index in [0.717, 1.165) is 24.1 Å². The summed E-state index contributed by atoms with van der Waals surface area (Å²) in [6, 6.07) is 3.76. The molecule has 0 aliphatic carbocycles. The maximum atomic E-state index is 13.1. The van der Waals surface area contributed by atoms with Gasteiger partial charge in [-0.05, 0) is 36.6 Å². The number of ether oxygens (including phenoxy) is 3. The van der Waals surface area contributed by atoms with Crippen molar-refractivity contribution in [2.75, 3.05) is 6.61 Å². The van der Waals surface area contributed by atoms with Gasteiger partial charge in [0.1, 0.15) is 12.2 Å². The van der Waals surface area contributed by atoms with Gasteiger partial charge in [0.15, 0.2) is 6.29 Å². The molecule has 0 radical (unpaired) electrons.